The van der Waals surface area contributed by atoms with E-state index in [0.717, 1.165) is 29.7 Å². The van der Waals surface area contributed by atoms with Crippen LogP contribution < -0.4 is 14.8 Å². The molecule has 1 N–H and O–H groups in total. The quantitative estimate of drug-likeness (QED) is 0.574. The van der Waals surface area contributed by atoms with Crippen LogP contribution in [0.5, 0.6) is 11.5 Å². The summed E-state index contributed by atoms with van der Waals surface area (Å²) in [5.41, 5.74) is 3.20. The van der Waals surface area contributed by atoms with Gasteiger partial charge in [0, 0.05) is 5.69 Å². The van der Waals surface area contributed by atoms with Crippen molar-refractivity contribution in [2.45, 2.75) is 40.5 Å². The number of hydrogen-bond donors (Lipinski definition) is 1. The number of methoxy groups -OCH3 is 1. The lowest BCUT2D eigenvalue weighted by Crippen LogP contribution is -2.22. The minimum absolute atomic E-state index is 0.291. The fraction of sp³-hybridized carbons (Fsp3) is 0.417. The maximum absolute atomic E-state index is 12.4. The molecule has 0 saturated heterocycles. The molecule has 0 radical (unpaired) electrons. The summed E-state index contributed by atoms with van der Waals surface area (Å²) in [5, 5.41) is 2.89. The predicted molar refractivity (Wildman–Crippen MR) is 117 cm³/mol. The Morgan fingerprint density at radius 3 is 2.23 bits per heavy atom. The van der Waals surface area contributed by atoms with Gasteiger partial charge in [-0.3, -0.25) is 4.79 Å². The summed E-state index contributed by atoms with van der Waals surface area (Å²) in [7, 11) is 1.51. The molecule has 0 bridgehead atoms. The third kappa shape index (κ3) is 6.24. The highest BCUT2D eigenvalue weighted by Gasteiger charge is 2.16. The van der Waals surface area contributed by atoms with Gasteiger partial charge in [-0.15, -0.1) is 0 Å². The number of carbonyl (C=O) groups is 2. The zero-order valence-electron chi connectivity index (χ0n) is 18.4. The van der Waals surface area contributed by atoms with E-state index in [-0.39, 0.29) is 12.5 Å². The summed E-state index contributed by atoms with van der Waals surface area (Å²) < 4.78 is 16.2. The predicted octanol–water partition coefficient (Wildman–Crippen LogP) is 4.65. The second kappa shape index (κ2) is 11.2. The normalized spacial score (nSPS) is 10.6. The lowest BCUT2D eigenvalue weighted by Gasteiger charge is -2.15. The summed E-state index contributed by atoms with van der Waals surface area (Å²) in [6.45, 7) is 8.34. The van der Waals surface area contributed by atoms with Gasteiger partial charge in [0.05, 0.1) is 19.3 Å². The van der Waals surface area contributed by atoms with Crippen molar-refractivity contribution in [1.82, 2.24) is 0 Å². The maximum atomic E-state index is 12.4. The molecule has 162 valence electrons. The van der Waals surface area contributed by atoms with Crippen molar-refractivity contribution in [2.24, 2.45) is 5.92 Å². The van der Waals surface area contributed by atoms with E-state index in [1.807, 2.05) is 45.9 Å². The molecular weight excluding hydrogens is 382 g/mol. The number of para-hydroxylation sites is 1. The number of esters is 1. The van der Waals surface area contributed by atoms with Crippen LogP contribution in [0, 0.1) is 5.92 Å². The van der Waals surface area contributed by atoms with Gasteiger partial charge < -0.3 is 19.5 Å². The topological polar surface area (TPSA) is 73.9 Å². The van der Waals surface area contributed by atoms with E-state index >= 15 is 0 Å². The van der Waals surface area contributed by atoms with Crippen LogP contribution in [0.1, 0.15) is 49.2 Å². The number of rotatable bonds is 10. The van der Waals surface area contributed by atoms with Crippen LogP contribution in [0.15, 0.2) is 36.4 Å². The SMILES string of the molecule is CCc1cccc(CC)c1NC(=O)COC(=O)c1ccc(OCC(C)C)c(OC)c1. The van der Waals surface area contributed by atoms with E-state index in [2.05, 4.69) is 5.32 Å². The minimum Gasteiger partial charge on any atom is -0.493 e. The molecule has 30 heavy (non-hydrogen) atoms. The van der Waals surface area contributed by atoms with Crippen molar-refractivity contribution in [3.63, 3.8) is 0 Å². The van der Waals surface area contributed by atoms with E-state index in [4.69, 9.17) is 14.2 Å². The molecule has 6 heteroatoms. The Balaban J connectivity index is 2.01. The van der Waals surface area contributed by atoms with Crippen LogP contribution in [-0.2, 0) is 22.4 Å². The Kier molecular flexibility index (Phi) is 8.71. The average molecular weight is 414 g/mol. The summed E-state index contributed by atoms with van der Waals surface area (Å²) in [5.74, 6) is 0.396. The van der Waals surface area contributed by atoms with Gasteiger partial charge in [-0.05, 0) is 48.1 Å². The Bertz CT molecular complexity index is 854. The molecule has 0 fully saturated rings. The standard InChI is InChI=1S/C24H31NO5/c1-6-17-9-8-10-18(7-2)23(17)25-22(26)15-30-24(27)19-11-12-20(21(13-19)28-5)29-14-16(3)4/h8-13,16H,6-7,14-15H2,1-5H3,(H,25,26). The summed E-state index contributed by atoms with van der Waals surface area (Å²) in [6, 6.07) is 10.8. The minimum atomic E-state index is -0.599. The monoisotopic (exact) mass is 413 g/mol. The van der Waals surface area contributed by atoms with Crippen LogP contribution in [0.3, 0.4) is 0 Å². The van der Waals surface area contributed by atoms with E-state index in [1.54, 1.807) is 18.2 Å². The third-order valence-corrected chi connectivity index (χ3v) is 4.57. The van der Waals surface area contributed by atoms with Crippen molar-refractivity contribution in [1.29, 1.82) is 0 Å². The first-order valence-corrected chi connectivity index (χ1v) is 10.3. The van der Waals surface area contributed by atoms with Crippen LogP contribution in [-0.4, -0.2) is 32.2 Å². The fourth-order valence-electron chi connectivity index (χ4n) is 2.96. The maximum Gasteiger partial charge on any atom is 0.338 e. The van der Waals surface area contributed by atoms with Crippen LogP contribution in [0.25, 0.3) is 0 Å². The number of anilines is 1. The molecule has 0 aromatic heterocycles. The van der Waals surface area contributed by atoms with Crippen LogP contribution in [0.2, 0.25) is 0 Å². The smallest absolute Gasteiger partial charge is 0.338 e. The lowest BCUT2D eigenvalue weighted by atomic mass is 10.0. The molecule has 2 aromatic rings. The number of amides is 1. The largest absolute Gasteiger partial charge is 0.493 e. The summed E-state index contributed by atoms with van der Waals surface area (Å²) in [4.78, 5) is 24.8. The van der Waals surface area contributed by atoms with Gasteiger partial charge in [0.2, 0.25) is 0 Å². The molecule has 2 rings (SSSR count). The second-order valence-corrected chi connectivity index (χ2v) is 7.35. The third-order valence-electron chi connectivity index (χ3n) is 4.57. The lowest BCUT2D eigenvalue weighted by molar-refractivity contribution is -0.119. The van der Waals surface area contributed by atoms with Gasteiger partial charge in [-0.1, -0.05) is 45.9 Å². The second-order valence-electron chi connectivity index (χ2n) is 7.35. The molecule has 0 aliphatic heterocycles. The molecule has 0 unspecified atom stereocenters. The fourth-order valence-corrected chi connectivity index (χ4v) is 2.96. The average Bonchev–Trinajstić information content (AvgIpc) is 2.75. The molecule has 0 aliphatic rings. The zero-order chi connectivity index (χ0) is 22.1. The van der Waals surface area contributed by atoms with E-state index in [1.165, 1.54) is 7.11 Å². The Morgan fingerprint density at radius 1 is 1.00 bits per heavy atom. The van der Waals surface area contributed by atoms with Crippen molar-refractivity contribution in [3.8, 4) is 11.5 Å². The number of carbonyl (C=O) groups excluding carboxylic acids is 2. The number of hydrogen-bond acceptors (Lipinski definition) is 5. The van der Waals surface area contributed by atoms with Crippen molar-refractivity contribution >= 4 is 17.6 Å². The molecule has 0 heterocycles. The van der Waals surface area contributed by atoms with E-state index in [0.29, 0.717) is 29.6 Å². The van der Waals surface area contributed by atoms with Gasteiger partial charge in [0.15, 0.2) is 18.1 Å². The number of benzene rings is 2. The van der Waals surface area contributed by atoms with E-state index in [9.17, 15) is 9.59 Å². The van der Waals surface area contributed by atoms with Gasteiger partial charge in [0.25, 0.3) is 5.91 Å². The molecule has 2 aromatic carbocycles. The molecular formula is C24H31NO5. The van der Waals surface area contributed by atoms with Crippen molar-refractivity contribution < 1.29 is 23.8 Å². The molecule has 0 atom stereocenters. The number of aryl methyl sites for hydroxylation is 2. The number of nitrogens with one attached hydrogen (secondary N) is 1. The van der Waals surface area contributed by atoms with Gasteiger partial charge in [-0.25, -0.2) is 4.79 Å². The molecule has 6 nitrogen and oxygen atoms in total. The van der Waals surface area contributed by atoms with Crippen LogP contribution in [0.4, 0.5) is 5.69 Å². The molecule has 1 amide bonds. The molecule has 0 aliphatic carbocycles. The number of ether oxygens (including phenoxy) is 3. The highest BCUT2D eigenvalue weighted by molar-refractivity contribution is 5.96. The molecule has 0 saturated carbocycles. The Hall–Kier alpha value is -3.02. The summed E-state index contributed by atoms with van der Waals surface area (Å²) >= 11 is 0. The molecule has 0 spiro atoms. The Labute approximate surface area is 178 Å². The first-order valence-electron chi connectivity index (χ1n) is 10.3. The highest BCUT2D eigenvalue weighted by Crippen LogP contribution is 2.29. The van der Waals surface area contributed by atoms with Crippen molar-refractivity contribution in [3.05, 3.63) is 53.1 Å². The van der Waals surface area contributed by atoms with E-state index < -0.39 is 5.97 Å². The van der Waals surface area contributed by atoms with Crippen LogP contribution >= 0.6 is 0 Å². The first-order chi connectivity index (χ1) is 14.4. The van der Waals surface area contributed by atoms with Gasteiger partial charge in [0.1, 0.15) is 0 Å². The highest BCUT2D eigenvalue weighted by atomic mass is 16.5. The first kappa shape index (κ1) is 23.3. The van der Waals surface area contributed by atoms with Gasteiger partial charge >= 0.3 is 5.97 Å². The van der Waals surface area contributed by atoms with Crippen molar-refractivity contribution in [2.75, 3.05) is 25.6 Å². The summed E-state index contributed by atoms with van der Waals surface area (Å²) in [6.07, 6.45) is 1.60. The zero-order valence-corrected chi connectivity index (χ0v) is 18.4. The Morgan fingerprint density at radius 2 is 1.67 bits per heavy atom. The van der Waals surface area contributed by atoms with Gasteiger partial charge in [-0.2, -0.15) is 0 Å².